The number of nitro benzene ring substituents is 1. The monoisotopic (exact) mass is 266 g/mol. The average Bonchev–Trinajstić information content (AvgIpc) is 2.47. The van der Waals surface area contributed by atoms with Crippen LogP contribution in [0.4, 0.5) is 5.69 Å². The summed E-state index contributed by atoms with van der Waals surface area (Å²) < 4.78 is 0. The zero-order chi connectivity index (χ0) is 14.8. The van der Waals surface area contributed by atoms with Crippen LogP contribution in [0.5, 0.6) is 0 Å². The van der Waals surface area contributed by atoms with E-state index in [0.29, 0.717) is 11.1 Å². The molecule has 0 aliphatic carbocycles. The fourth-order valence-corrected chi connectivity index (χ4v) is 2.00. The van der Waals surface area contributed by atoms with Crippen LogP contribution in [0.25, 0.3) is 11.1 Å². The van der Waals surface area contributed by atoms with Crippen molar-refractivity contribution >= 4 is 5.69 Å². The summed E-state index contributed by atoms with van der Waals surface area (Å²) in [5.74, 6) is 0. The van der Waals surface area contributed by atoms with Crippen LogP contribution in [0, 0.1) is 21.4 Å². The van der Waals surface area contributed by atoms with E-state index in [1.165, 1.54) is 6.07 Å². The predicted octanol–water partition coefficient (Wildman–Crippen LogP) is 4.06. The second-order valence-corrected chi connectivity index (χ2v) is 5.09. The molecule has 4 nitrogen and oxygen atoms in total. The summed E-state index contributed by atoms with van der Waals surface area (Å²) in [6.45, 7) is 3.49. The molecule has 0 aliphatic rings. The molecule has 0 bridgehead atoms. The van der Waals surface area contributed by atoms with E-state index < -0.39 is 10.3 Å². The molecule has 2 aromatic carbocycles. The maximum Gasteiger partial charge on any atom is 0.277 e. The molecule has 0 saturated carbocycles. The quantitative estimate of drug-likeness (QED) is 0.621. The fourth-order valence-electron chi connectivity index (χ4n) is 2.00. The molecule has 100 valence electrons. The van der Waals surface area contributed by atoms with E-state index >= 15 is 0 Å². The van der Waals surface area contributed by atoms with Crippen LogP contribution in [0.2, 0.25) is 0 Å². The molecule has 0 heterocycles. The second kappa shape index (κ2) is 5.14. The zero-order valence-corrected chi connectivity index (χ0v) is 11.3. The molecule has 4 heteroatoms. The Morgan fingerprint density at radius 3 is 2.35 bits per heavy atom. The summed E-state index contributed by atoms with van der Waals surface area (Å²) in [4.78, 5) is 10.9. The smallest absolute Gasteiger partial charge is 0.258 e. The summed E-state index contributed by atoms with van der Waals surface area (Å²) in [7, 11) is 0. The first kappa shape index (κ1) is 13.8. The number of nitro groups is 1. The zero-order valence-electron chi connectivity index (χ0n) is 11.3. The maximum atomic E-state index is 11.3. The van der Waals surface area contributed by atoms with Crippen molar-refractivity contribution < 1.29 is 4.92 Å². The molecule has 0 aromatic heterocycles. The molecule has 20 heavy (non-hydrogen) atoms. The minimum absolute atomic E-state index is 0.0250. The third-order valence-electron chi connectivity index (χ3n) is 3.28. The van der Waals surface area contributed by atoms with Crippen molar-refractivity contribution in [3.8, 4) is 17.2 Å². The lowest BCUT2D eigenvalue weighted by atomic mass is 9.85. The van der Waals surface area contributed by atoms with Gasteiger partial charge in [0.15, 0.2) is 0 Å². The third kappa shape index (κ3) is 2.52. The minimum Gasteiger partial charge on any atom is -0.258 e. The van der Waals surface area contributed by atoms with E-state index in [9.17, 15) is 10.1 Å². The Kier molecular flexibility index (Phi) is 3.53. The van der Waals surface area contributed by atoms with Gasteiger partial charge in [-0.15, -0.1) is 0 Å². The highest BCUT2D eigenvalue weighted by Gasteiger charge is 2.24. The molecule has 0 atom stereocenters. The normalized spacial score (nSPS) is 10.8. The van der Waals surface area contributed by atoms with Crippen LogP contribution >= 0.6 is 0 Å². The molecule has 0 fully saturated rings. The van der Waals surface area contributed by atoms with Crippen molar-refractivity contribution in [1.82, 2.24) is 0 Å². The summed E-state index contributed by atoms with van der Waals surface area (Å²) in [5.41, 5.74) is 1.27. The molecule has 0 radical (unpaired) electrons. The van der Waals surface area contributed by atoms with Gasteiger partial charge in [-0.3, -0.25) is 10.1 Å². The van der Waals surface area contributed by atoms with E-state index in [4.69, 9.17) is 5.26 Å². The first-order valence-electron chi connectivity index (χ1n) is 6.21. The van der Waals surface area contributed by atoms with Gasteiger partial charge in [0.25, 0.3) is 5.69 Å². The van der Waals surface area contributed by atoms with Crippen LogP contribution in [0.1, 0.15) is 19.4 Å². The van der Waals surface area contributed by atoms with Gasteiger partial charge in [0.2, 0.25) is 0 Å². The van der Waals surface area contributed by atoms with E-state index in [0.717, 1.165) is 5.56 Å². The minimum atomic E-state index is -0.750. The van der Waals surface area contributed by atoms with Gasteiger partial charge < -0.3 is 0 Å². The van der Waals surface area contributed by atoms with Crippen LogP contribution in [-0.2, 0) is 5.41 Å². The maximum absolute atomic E-state index is 11.3. The number of rotatable bonds is 3. The van der Waals surface area contributed by atoms with Crippen molar-refractivity contribution in [2.24, 2.45) is 0 Å². The van der Waals surface area contributed by atoms with Crippen molar-refractivity contribution in [3.05, 3.63) is 64.2 Å². The lowest BCUT2D eigenvalue weighted by Gasteiger charge is -2.16. The molecular formula is C16H14N2O2. The van der Waals surface area contributed by atoms with Gasteiger partial charge >= 0.3 is 0 Å². The first-order valence-corrected chi connectivity index (χ1v) is 6.21. The lowest BCUT2D eigenvalue weighted by Crippen LogP contribution is -2.14. The molecule has 2 rings (SSSR count). The van der Waals surface area contributed by atoms with Crippen LogP contribution in [0.15, 0.2) is 48.5 Å². The summed E-state index contributed by atoms with van der Waals surface area (Å²) in [5, 5.41) is 20.4. The Morgan fingerprint density at radius 2 is 1.80 bits per heavy atom. The van der Waals surface area contributed by atoms with Gasteiger partial charge in [-0.25, -0.2) is 0 Å². The van der Waals surface area contributed by atoms with Gasteiger partial charge in [-0.1, -0.05) is 36.4 Å². The van der Waals surface area contributed by atoms with E-state index in [-0.39, 0.29) is 5.69 Å². The van der Waals surface area contributed by atoms with Crippen LogP contribution in [0.3, 0.4) is 0 Å². The summed E-state index contributed by atoms with van der Waals surface area (Å²) in [6.07, 6.45) is 0. The number of benzene rings is 2. The third-order valence-corrected chi connectivity index (χ3v) is 3.28. The van der Waals surface area contributed by atoms with Crippen molar-refractivity contribution in [3.63, 3.8) is 0 Å². The molecule has 0 amide bonds. The van der Waals surface area contributed by atoms with Gasteiger partial charge in [-0.2, -0.15) is 5.26 Å². The molecule has 0 N–H and O–H groups in total. The Bertz CT molecular complexity index is 685. The number of nitrogens with zero attached hydrogens (tertiary/aromatic N) is 2. The molecule has 0 spiro atoms. The van der Waals surface area contributed by atoms with Gasteiger partial charge in [0.05, 0.1) is 22.0 Å². The molecule has 0 unspecified atom stereocenters. The number of hydrogen-bond acceptors (Lipinski definition) is 3. The Balaban J connectivity index is 2.62. The average molecular weight is 266 g/mol. The van der Waals surface area contributed by atoms with Crippen LogP contribution < -0.4 is 0 Å². The lowest BCUT2D eigenvalue weighted by molar-refractivity contribution is -0.384. The van der Waals surface area contributed by atoms with Crippen LogP contribution in [-0.4, -0.2) is 4.92 Å². The highest BCUT2D eigenvalue weighted by atomic mass is 16.6. The van der Waals surface area contributed by atoms with Gasteiger partial charge in [-0.05, 0) is 31.0 Å². The standard InChI is InChI=1S/C16H14N2O2/c1-16(2,11-17)13-8-9-14(15(10-13)18(19)20)12-6-4-3-5-7-12/h3-10H,1-2H3. The summed E-state index contributed by atoms with van der Waals surface area (Å²) >= 11 is 0. The van der Waals surface area contributed by atoms with E-state index in [1.54, 1.807) is 26.0 Å². The Labute approximate surface area is 117 Å². The number of hydrogen-bond donors (Lipinski definition) is 0. The molecule has 0 saturated heterocycles. The predicted molar refractivity (Wildman–Crippen MR) is 77.2 cm³/mol. The van der Waals surface area contributed by atoms with E-state index in [1.807, 2.05) is 30.3 Å². The van der Waals surface area contributed by atoms with Gasteiger partial charge in [0, 0.05) is 6.07 Å². The largest absolute Gasteiger partial charge is 0.277 e. The topological polar surface area (TPSA) is 66.9 Å². The van der Waals surface area contributed by atoms with Crippen molar-refractivity contribution in [1.29, 1.82) is 5.26 Å². The summed E-state index contributed by atoms with van der Waals surface area (Å²) in [6, 6.07) is 16.3. The van der Waals surface area contributed by atoms with Crippen molar-refractivity contribution in [2.75, 3.05) is 0 Å². The van der Waals surface area contributed by atoms with E-state index in [2.05, 4.69) is 6.07 Å². The Morgan fingerprint density at radius 1 is 1.15 bits per heavy atom. The van der Waals surface area contributed by atoms with Gasteiger partial charge in [0.1, 0.15) is 0 Å². The number of nitriles is 1. The molecular weight excluding hydrogens is 252 g/mol. The molecule has 2 aromatic rings. The SMILES string of the molecule is CC(C)(C#N)c1ccc(-c2ccccc2)c([N+](=O)[O-])c1. The fraction of sp³-hybridized carbons (Fsp3) is 0.188. The molecule has 0 aliphatic heterocycles. The first-order chi connectivity index (χ1) is 9.45. The second-order valence-electron chi connectivity index (χ2n) is 5.09. The van der Waals surface area contributed by atoms with Crippen molar-refractivity contribution in [2.45, 2.75) is 19.3 Å². The Hall–Kier alpha value is -2.67. The highest BCUT2D eigenvalue weighted by Crippen LogP contribution is 2.34. The highest BCUT2D eigenvalue weighted by molar-refractivity contribution is 5.74.